The van der Waals surface area contributed by atoms with E-state index >= 15 is 0 Å². The van der Waals surface area contributed by atoms with Crippen molar-refractivity contribution in [3.63, 3.8) is 0 Å². The van der Waals surface area contributed by atoms with E-state index in [1.165, 1.54) is 12.0 Å². The zero-order chi connectivity index (χ0) is 21.7. The van der Waals surface area contributed by atoms with E-state index in [2.05, 4.69) is 15.2 Å². The Morgan fingerprint density at radius 2 is 1.87 bits per heavy atom. The fourth-order valence-corrected chi connectivity index (χ4v) is 2.80. The quantitative estimate of drug-likeness (QED) is 0.651. The van der Waals surface area contributed by atoms with E-state index in [1.54, 1.807) is 55.6 Å². The van der Waals surface area contributed by atoms with Crippen LogP contribution < -0.4 is 15.0 Å². The van der Waals surface area contributed by atoms with Gasteiger partial charge >= 0.3 is 6.09 Å². The molecular formula is C22H23N3O5. The molecule has 1 N–H and O–H groups in total. The molecule has 0 aliphatic rings. The Morgan fingerprint density at radius 3 is 2.50 bits per heavy atom. The highest BCUT2D eigenvalue weighted by molar-refractivity contribution is 6.04. The van der Waals surface area contributed by atoms with E-state index in [1.807, 2.05) is 13.8 Å². The number of amides is 2. The van der Waals surface area contributed by atoms with Gasteiger partial charge in [0.05, 0.1) is 18.4 Å². The van der Waals surface area contributed by atoms with Crippen LogP contribution >= 0.6 is 0 Å². The second-order valence-electron chi connectivity index (χ2n) is 6.65. The second-order valence-corrected chi connectivity index (χ2v) is 6.65. The van der Waals surface area contributed by atoms with Gasteiger partial charge in [-0.1, -0.05) is 11.2 Å². The summed E-state index contributed by atoms with van der Waals surface area (Å²) in [4.78, 5) is 25.5. The summed E-state index contributed by atoms with van der Waals surface area (Å²) in [5.74, 6) is 1.01. The minimum absolute atomic E-state index is 0.271. The lowest BCUT2D eigenvalue weighted by atomic mass is 10.2. The summed E-state index contributed by atoms with van der Waals surface area (Å²) in [6.07, 6.45) is -0.472. The van der Waals surface area contributed by atoms with Gasteiger partial charge in [0.1, 0.15) is 18.1 Å². The molecule has 0 radical (unpaired) electrons. The van der Waals surface area contributed by atoms with Crippen LogP contribution in [0.2, 0.25) is 0 Å². The Hall–Kier alpha value is -3.81. The third-order valence-electron chi connectivity index (χ3n) is 4.62. The van der Waals surface area contributed by atoms with Crippen molar-refractivity contribution in [3.05, 3.63) is 71.1 Å². The molecule has 0 fully saturated rings. The van der Waals surface area contributed by atoms with Crippen molar-refractivity contribution in [3.8, 4) is 5.75 Å². The zero-order valence-corrected chi connectivity index (χ0v) is 17.3. The van der Waals surface area contributed by atoms with Crippen molar-refractivity contribution in [2.45, 2.75) is 20.5 Å². The molecule has 0 atom stereocenters. The molecular weight excluding hydrogens is 386 g/mol. The molecule has 30 heavy (non-hydrogen) atoms. The number of carbonyl (C=O) groups is 2. The van der Waals surface area contributed by atoms with Crippen molar-refractivity contribution in [2.75, 3.05) is 24.4 Å². The number of nitrogens with one attached hydrogen (secondary N) is 1. The van der Waals surface area contributed by atoms with Crippen molar-refractivity contribution in [1.82, 2.24) is 5.16 Å². The van der Waals surface area contributed by atoms with Crippen LogP contribution in [0.25, 0.3) is 0 Å². The molecule has 2 aromatic carbocycles. The SMILES string of the molecule is COC(=O)N(C)c1ccc(NC(=O)c2cccc(OCc3c(C)noc3C)c2)cc1. The van der Waals surface area contributed by atoms with E-state index in [9.17, 15) is 9.59 Å². The standard InChI is InChI=1S/C22H23N3O5/c1-14-20(15(2)30-24-14)13-29-19-7-5-6-16(12-19)21(26)23-17-8-10-18(11-9-17)25(3)22(27)28-4/h5-12H,13H2,1-4H3,(H,23,26). The summed E-state index contributed by atoms with van der Waals surface area (Å²) in [5.41, 5.74) is 3.38. The maximum atomic E-state index is 12.6. The number of rotatable bonds is 6. The van der Waals surface area contributed by atoms with Crippen LogP contribution in [-0.2, 0) is 11.3 Å². The van der Waals surface area contributed by atoms with E-state index in [4.69, 9.17) is 9.26 Å². The summed E-state index contributed by atoms with van der Waals surface area (Å²) >= 11 is 0. The molecule has 2 amide bonds. The number of ether oxygens (including phenoxy) is 2. The fraction of sp³-hybridized carbons (Fsp3) is 0.227. The first-order valence-corrected chi connectivity index (χ1v) is 9.26. The number of aromatic nitrogens is 1. The van der Waals surface area contributed by atoms with Gasteiger partial charge in [-0.05, 0) is 56.3 Å². The van der Waals surface area contributed by atoms with E-state index in [0.717, 1.165) is 11.3 Å². The van der Waals surface area contributed by atoms with Gasteiger partial charge < -0.3 is 19.3 Å². The van der Waals surface area contributed by atoms with Gasteiger partial charge in [0.2, 0.25) is 0 Å². The smallest absolute Gasteiger partial charge is 0.413 e. The number of carbonyl (C=O) groups excluding carboxylic acids is 2. The lowest BCUT2D eigenvalue weighted by Crippen LogP contribution is -2.25. The molecule has 0 saturated carbocycles. The number of aryl methyl sites for hydroxylation is 2. The van der Waals surface area contributed by atoms with Crippen LogP contribution in [0, 0.1) is 13.8 Å². The highest BCUT2D eigenvalue weighted by Gasteiger charge is 2.13. The lowest BCUT2D eigenvalue weighted by Gasteiger charge is -2.16. The Labute approximate surface area is 174 Å². The van der Waals surface area contributed by atoms with Gasteiger partial charge in [-0.3, -0.25) is 9.69 Å². The second kappa shape index (κ2) is 9.13. The first-order chi connectivity index (χ1) is 14.4. The molecule has 3 aromatic rings. The third kappa shape index (κ3) is 4.78. The van der Waals surface area contributed by atoms with Gasteiger partial charge in [-0.25, -0.2) is 4.79 Å². The summed E-state index contributed by atoms with van der Waals surface area (Å²) in [6, 6.07) is 13.8. The van der Waals surface area contributed by atoms with E-state index in [-0.39, 0.29) is 5.91 Å². The largest absolute Gasteiger partial charge is 0.489 e. The van der Waals surface area contributed by atoms with E-state index in [0.29, 0.717) is 35.1 Å². The van der Waals surface area contributed by atoms with Crippen LogP contribution in [0.4, 0.5) is 16.2 Å². The highest BCUT2D eigenvalue weighted by Crippen LogP contribution is 2.21. The number of nitrogens with zero attached hydrogens (tertiary/aromatic N) is 2. The van der Waals surface area contributed by atoms with Crippen LogP contribution in [0.1, 0.15) is 27.4 Å². The third-order valence-corrected chi connectivity index (χ3v) is 4.62. The molecule has 0 saturated heterocycles. The first kappa shape index (κ1) is 20.9. The summed E-state index contributed by atoms with van der Waals surface area (Å²) in [5, 5.41) is 6.73. The molecule has 0 aliphatic heterocycles. The van der Waals surface area contributed by atoms with Crippen molar-refractivity contribution < 1.29 is 23.6 Å². The van der Waals surface area contributed by atoms with Gasteiger partial charge in [0.25, 0.3) is 5.91 Å². The van der Waals surface area contributed by atoms with Crippen LogP contribution in [0.3, 0.4) is 0 Å². The Morgan fingerprint density at radius 1 is 1.13 bits per heavy atom. The summed E-state index contributed by atoms with van der Waals surface area (Å²) < 4.78 is 15.6. The number of hydrogen-bond acceptors (Lipinski definition) is 6. The van der Waals surface area contributed by atoms with Gasteiger partial charge in [0.15, 0.2) is 0 Å². The van der Waals surface area contributed by atoms with Crippen LogP contribution in [0.5, 0.6) is 5.75 Å². The lowest BCUT2D eigenvalue weighted by molar-refractivity contribution is 0.102. The van der Waals surface area contributed by atoms with E-state index < -0.39 is 6.09 Å². The van der Waals surface area contributed by atoms with Gasteiger partial charge in [-0.2, -0.15) is 0 Å². The predicted molar refractivity (Wildman–Crippen MR) is 112 cm³/mol. The maximum absolute atomic E-state index is 12.6. The minimum atomic E-state index is -0.472. The summed E-state index contributed by atoms with van der Waals surface area (Å²) in [7, 11) is 2.92. The van der Waals surface area contributed by atoms with Gasteiger partial charge in [-0.15, -0.1) is 0 Å². The zero-order valence-electron chi connectivity index (χ0n) is 17.3. The predicted octanol–water partition coefficient (Wildman–Crippen LogP) is 4.33. The summed E-state index contributed by atoms with van der Waals surface area (Å²) in [6.45, 7) is 3.99. The minimum Gasteiger partial charge on any atom is -0.489 e. The number of methoxy groups -OCH3 is 1. The molecule has 3 rings (SSSR count). The van der Waals surface area contributed by atoms with Crippen LogP contribution in [-0.4, -0.2) is 31.3 Å². The molecule has 1 aromatic heterocycles. The normalized spacial score (nSPS) is 10.4. The molecule has 8 nitrogen and oxygen atoms in total. The van der Waals surface area contributed by atoms with Crippen molar-refractivity contribution in [2.24, 2.45) is 0 Å². The number of benzene rings is 2. The Bertz CT molecular complexity index is 1020. The molecule has 8 heteroatoms. The molecule has 0 aliphatic carbocycles. The number of hydrogen-bond donors (Lipinski definition) is 1. The fourth-order valence-electron chi connectivity index (χ4n) is 2.80. The van der Waals surface area contributed by atoms with Gasteiger partial charge in [0, 0.05) is 24.0 Å². The Balaban J connectivity index is 1.64. The molecule has 1 heterocycles. The molecule has 0 spiro atoms. The highest BCUT2D eigenvalue weighted by atomic mass is 16.5. The Kier molecular flexibility index (Phi) is 6.36. The van der Waals surface area contributed by atoms with Crippen LogP contribution in [0.15, 0.2) is 53.1 Å². The molecule has 0 bridgehead atoms. The molecule has 0 unspecified atom stereocenters. The monoisotopic (exact) mass is 409 g/mol. The topological polar surface area (TPSA) is 93.9 Å². The van der Waals surface area contributed by atoms with Crippen molar-refractivity contribution in [1.29, 1.82) is 0 Å². The first-order valence-electron chi connectivity index (χ1n) is 9.26. The number of anilines is 2. The average molecular weight is 409 g/mol. The maximum Gasteiger partial charge on any atom is 0.413 e. The van der Waals surface area contributed by atoms with Crippen molar-refractivity contribution >= 4 is 23.4 Å². The average Bonchev–Trinajstić information content (AvgIpc) is 3.09. The molecule has 156 valence electrons.